The van der Waals surface area contributed by atoms with Crippen molar-refractivity contribution in [3.63, 3.8) is 0 Å². The monoisotopic (exact) mass is 642 g/mol. The van der Waals surface area contributed by atoms with Gasteiger partial charge in [-0.1, -0.05) is 18.2 Å². The molecule has 0 spiro atoms. The number of rotatable bonds is 8. The molecular weight excluding hydrogens is 611 g/mol. The Bertz CT molecular complexity index is 1820. The van der Waals surface area contributed by atoms with Crippen LogP contribution in [-0.2, 0) is 17.7 Å². The summed E-state index contributed by atoms with van der Waals surface area (Å²) in [5, 5.41) is 3.28. The lowest BCUT2D eigenvalue weighted by Crippen LogP contribution is -2.48. The Morgan fingerprint density at radius 1 is 1.02 bits per heavy atom. The quantitative estimate of drug-likeness (QED) is 0.188. The summed E-state index contributed by atoms with van der Waals surface area (Å²) in [6.45, 7) is -1.05. The fourth-order valence-electron chi connectivity index (χ4n) is 6.15. The summed E-state index contributed by atoms with van der Waals surface area (Å²) in [5.41, 5.74) is 6.61. The first-order valence-electron chi connectivity index (χ1n) is 14.9. The first kappa shape index (κ1) is 31.5. The highest BCUT2D eigenvalue weighted by Gasteiger charge is 2.58. The Morgan fingerprint density at radius 2 is 1.74 bits per heavy atom. The fourth-order valence-corrected chi connectivity index (χ4v) is 6.15. The Hall–Kier alpha value is -4.43. The molecule has 1 aliphatic heterocycles. The Morgan fingerprint density at radius 3 is 2.43 bits per heavy atom. The van der Waals surface area contributed by atoms with E-state index >= 15 is 0 Å². The number of piperidine rings is 1. The van der Waals surface area contributed by atoms with Crippen molar-refractivity contribution < 1.29 is 31.6 Å². The van der Waals surface area contributed by atoms with Crippen LogP contribution in [0.2, 0.25) is 0 Å². The number of amides is 1. The number of pyridine rings is 1. The maximum Gasteiger partial charge on any atom is 0.454 e. The van der Waals surface area contributed by atoms with E-state index in [0.717, 1.165) is 35.4 Å². The smallest absolute Gasteiger partial charge is 0.324 e. The number of halogens is 5. The average Bonchev–Trinajstić information content (AvgIpc) is 3.50. The lowest BCUT2D eigenvalue weighted by Gasteiger charge is -2.34. The lowest BCUT2D eigenvalue weighted by molar-refractivity contribution is -0.287. The van der Waals surface area contributed by atoms with Crippen molar-refractivity contribution in [2.45, 2.75) is 50.1 Å². The molecule has 46 heavy (non-hydrogen) atoms. The van der Waals surface area contributed by atoms with E-state index in [4.69, 9.17) is 4.84 Å². The number of hydrogen-bond donors (Lipinski definition) is 2. The van der Waals surface area contributed by atoms with Crippen LogP contribution in [0.5, 0.6) is 0 Å². The molecule has 242 valence electrons. The fraction of sp³-hybridized carbons (Fsp3) is 0.375. The molecule has 6 rings (SSSR count). The second-order valence-corrected chi connectivity index (χ2v) is 11.6. The van der Waals surface area contributed by atoms with Gasteiger partial charge >= 0.3 is 12.1 Å². The second kappa shape index (κ2) is 12.4. The predicted octanol–water partition coefficient (Wildman–Crippen LogP) is 5.68. The maximum atomic E-state index is 13.5. The zero-order chi connectivity index (χ0) is 32.6. The van der Waals surface area contributed by atoms with Gasteiger partial charge in [-0.15, -0.1) is 0 Å². The highest BCUT2D eigenvalue weighted by molar-refractivity contribution is 5.96. The van der Waals surface area contributed by atoms with Crippen molar-refractivity contribution in [2.75, 3.05) is 32.1 Å². The standard InChI is InChI=1S/C32H31F5N6O3/c1-46-41-29(45)26-17-43(24-10-7-19-3-2-4-22(19)15-24)28-25(27(26)44)16-38-30(40-28)39-23-8-5-20(6-9-23)21-11-13-42(14-12-21)18-31(33,34)32(35,36)37/h5-10,15-17,21H,2-4,11-14,18H2,1H3,(H,41,45)(H,38,39,40). The van der Waals surface area contributed by atoms with Gasteiger partial charge in [-0.2, -0.15) is 26.9 Å². The van der Waals surface area contributed by atoms with E-state index in [1.54, 1.807) is 16.7 Å². The summed E-state index contributed by atoms with van der Waals surface area (Å²) in [7, 11) is 1.28. The highest BCUT2D eigenvalue weighted by atomic mass is 19.4. The average molecular weight is 643 g/mol. The van der Waals surface area contributed by atoms with Gasteiger partial charge in [0.15, 0.2) is 5.65 Å². The number of hydroxylamine groups is 1. The lowest BCUT2D eigenvalue weighted by atomic mass is 9.89. The summed E-state index contributed by atoms with van der Waals surface area (Å²) in [6.07, 6.45) is 1.14. The molecule has 0 atom stereocenters. The molecule has 4 aromatic rings. The Kier molecular flexibility index (Phi) is 8.51. The van der Waals surface area contributed by atoms with Crippen molar-refractivity contribution in [1.82, 2.24) is 24.9 Å². The minimum atomic E-state index is -5.57. The molecule has 3 heterocycles. The van der Waals surface area contributed by atoms with Crippen molar-refractivity contribution in [2.24, 2.45) is 0 Å². The van der Waals surface area contributed by atoms with E-state index in [2.05, 4.69) is 20.8 Å². The van der Waals surface area contributed by atoms with Gasteiger partial charge in [0.1, 0.15) is 5.56 Å². The van der Waals surface area contributed by atoms with E-state index in [1.165, 1.54) is 30.6 Å². The molecule has 1 fully saturated rings. The first-order chi connectivity index (χ1) is 21.9. The minimum absolute atomic E-state index is 0.0213. The van der Waals surface area contributed by atoms with Crippen molar-refractivity contribution in [3.05, 3.63) is 87.3 Å². The number of benzene rings is 2. The molecule has 2 N–H and O–H groups in total. The van der Waals surface area contributed by atoms with E-state index in [1.807, 2.05) is 30.3 Å². The summed E-state index contributed by atoms with van der Waals surface area (Å²) < 4.78 is 66.5. The number of carbonyl (C=O) groups is 1. The van der Waals surface area contributed by atoms with Crippen molar-refractivity contribution in [1.29, 1.82) is 0 Å². The van der Waals surface area contributed by atoms with E-state index in [-0.39, 0.29) is 35.9 Å². The third-order valence-electron chi connectivity index (χ3n) is 8.61. The molecule has 9 nitrogen and oxygen atoms in total. The summed E-state index contributed by atoms with van der Waals surface area (Å²) in [6, 6.07) is 13.3. The van der Waals surface area contributed by atoms with Crippen LogP contribution in [0, 0.1) is 0 Å². The highest BCUT2D eigenvalue weighted by Crippen LogP contribution is 2.38. The molecule has 1 amide bonds. The molecule has 0 bridgehead atoms. The van der Waals surface area contributed by atoms with Crippen molar-refractivity contribution >= 4 is 28.6 Å². The predicted molar refractivity (Wildman–Crippen MR) is 161 cm³/mol. The van der Waals surface area contributed by atoms with Gasteiger partial charge in [0.2, 0.25) is 11.4 Å². The molecule has 0 saturated carbocycles. The number of nitrogens with one attached hydrogen (secondary N) is 2. The van der Waals surface area contributed by atoms with Crippen molar-refractivity contribution in [3.8, 4) is 5.69 Å². The van der Waals surface area contributed by atoms with Crippen LogP contribution in [0.15, 0.2) is 59.7 Å². The zero-order valence-electron chi connectivity index (χ0n) is 24.8. The van der Waals surface area contributed by atoms with E-state index in [9.17, 15) is 31.5 Å². The van der Waals surface area contributed by atoms with Crippen LogP contribution in [0.1, 0.15) is 52.2 Å². The largest absolute Gasteiger partial charge is 0.454 e. The van der Waals surface area contributed by atoms with E-state index in [0.29, 0.717) is 24.2 Å². The van der Waals surface area contributed by atoms with Gasteiger partial charge in [-0.25, -0.2) is 10.5 Å². The molecular formula is C32H31F5N6O3. The topological polar surface area (TPSA) is 101 Å². The zero-order valence-corrected chi connectivity index (χ0v) is 24.8. The molecule has 0 unspecified atom stereocenters. The second-order valence-electron chi connectivity index (χ2n) is 11.6. The number of anilines is 2. The van der Waals surface area contributed by atoms with Crippen LogP contribution in [-0.4, -0.2) is 64.2 Å². The van der Waals surface area contributed by atoms with Gasteiger partial charge in [0.25, 0.3) is 5.91 Å². The number of hydrogen-bond acceptors (Lipinski definition) is 7. The van der Waals surface area contributed by atoms with Crippen LogP contribution >= 0.6 is 0 Å². The number of likely N-dealkylation sites (tertiary alicyclic amines) is 1. The van der Waals surface area contributed by atoms with Gasteiger partial charge in [-0.3, -0.25) is 19.3 Å². The molecule has 2 aromatic carbocycles. The van der Waals surface area contributed by atoms with Crippen LogP contribution in [0.3, 0.4) is 0 Å². The first-order valence-corrected chi connectivity index (χ1v) is 14.9. The number of aryl methyl sites for hydroxylation is 2. The number of alkyl halides is 5. The number of aromatic nitrogens is 3. The Labute approximate surface area is 260 Å². The SMILES string of the molecule is CONC(=O)c1cn(-c2ccc3c(c2)CCC3)c2nc(Nc3ccc(C4CCN(CC(F)(F)C(F)(F)F)CC4)cc3)ncc2c1=O. The molecule has 14 heteroatoms. The molecule has 2 aliphatic rings. The Balaban J connectivity index is 1.22. The van der Waals surface area contributed by atoms with Crippen LogP contribution in [0.25, 0.3) is 16.7 Å². The molecule has 1 aliphatic carbocycles. The van der Waals surface area contributed by atoms with Crippen LogP contribution in [0.4, 0.5) is 33.6 Å². The van der Waals surface area contributed by atoms with Gasteiger partial charge in [0, 0.05) is 23.8 Å². The van der Waals surface area contributed by atoms with E-state index < -0.39 is 30.0 Å². The molecule has 1 saturated heterocycles. The minimum Gasteiger partial charge on any atom is -0.324 e. The van der Waals surface area contributed by atoms with Gasteiger partial charge in [-0.05, 0) is 92.1 Å². The van der Waals surface area contributed by atoms with Gasteiger partial charge < -0.3 is 9.88 Å². The third kappa shape index (κ3) is 6.31. The number of fused-ring (bicyclic) bond motifs is 2. The summed E-state index contributed by atoms with van der Waals surface area (Å²) in [4.78, 5) is 40.8. The number of carbonyl (C=O) groups excluding carboxylic acids is 1. The maximum absolute atomic E-state index is 13.5. The summed E-state index contributed by atoms with van der Waals surface area (Å²) in [5.74, 6) is -5.21. The summed E-state index contributed by atoms with van der Waals surface area (Å²) >= 11 is 0. The third-order valence-corrected chi connectivity index (χ3v) is 8.61. The normalized spacial score (nSPS) is 16.0. The molecule has 0 radical (unpaired) electrons. The molecule has 2 aromatic heterocycles. The van der Waals surface area contributed by atoms with Crippen LogP contribution < -0.4 is 16.2 Å². The van der Waals surface area contributed by atoms with Gasteiger partial charge in [0.05, 0.1) is 19.0 Å². The number of nitrogens with zero attached hydrogens (tertiary/aromatic N) is 4.